The van der Waals surface area contributed by atoms with E-state index in [1.165, 1.54) is 0 Å². The Kier molecular flexibility index (Phi) is 4.78. The maximum atomic E-state index is 12.1. The number of allylic oxidation sites excluding steroid dienone is 3. The minimum absolute atomic E-state index is 0.164. The Bertz CT molecular complexity index is 489. The van der Waals surface area contributed by atoms with Crippen molar-refractivity contribution in [2.24, 2.45) is 0 Å². The fourth-order valence-corrected chi connectivity index (χ4v) is 2.01. The molecule has 0 amide bonds. The summed E-state index contributed by atoms with van der Waals surface area (Å²) in [5, 5.41) is 0. The Morgan fingerprint density at radius 3 is 2.95 bits per heavy atom. The molecule has 3 heteroatoms. The van der Waals surface area contributed by atoms with Gasteiger partial charge < -0.3 is 9.47 Å². The van der Waals surface area contributed by atoms with Gasteiger partial charge in [0.15, 0.2) is 0 Å². The lowest BCUT2D eigenvalue weighted by atomic mass is 10.1. The molecule has 0 N–H and O–H groups in total. The zero-order chi connectivity index (χ0) is 13.5. The van der Waals surface area contributed by atoms with Crippen LogP contribution in [0.15, 0.2) is 48.6 Å². The lowest BCUT2D eigenvalue weighted by Gasteiger charge is -2.16. The highest BCUT2D eigenvalue weighted by Gasteiger charge is 2.17. The number of hydrogen-bond acceptors (Lipinski definition) is 3. The van der Waals surface area contributed by atoms with Crippen LogP contribution < -0.4 is 4.74 Å². The molecule has 0 saturated carbocycles. The van der Waals surface area contributed by atoms with Gasteiger partial charge in [0, 0.05) is 0 Å². The molecule has 0 fully saturated rings. The Morgan fingerprint density at radius 1 is 1.26 bits per heavy atom. The second-order valence-electron chi connectivity index (χ2n) is 4.39. The van der Waals surface area contributed by atoms with Crippen LogP contribution in [0.1, 0.15) is 29.6 Å². The Labute approximate surface area is 113 Å². The van der Waals surface area contributed by atoms with Crippen molar-refractivity contribution < 1.29 is 14.3 Å². The molecule has 100 valence electrons. The van der Waals surface area contributed by atoms with Gasteiger partial charge in [-0.15, -0.1) is 0 Å². The van der Waals surface area contributed by atoms with Gasteiger partial charge in [-0.2, -0.15) is 0 Å². The van der Waals surface area contributed by atoms with Crippen LogP contribution in [0.5, 0.6) is 5.75 Å². The summed E-state index contributed by atoms with van der Waals surface area (Å²) >= 11 is 0. The van der Waals surface area contributed by atoms with Crippen molar-refractivity contribution in [1.82, 2.24) is 0 Å². The van der Waals surface area contributed by atoms with Gasteiger partial charge in [0.05, 0.1) is 7.11 Å². The molecule has 0 spiro atoms. The van der Waals surface area contributed by atoms with Crippen LogP contribution in [0, 0.1) is 0 Å². The van der Waals surface area contributed by atoms with E-state index in [0.29, 0.717) is 11.3 Å². The summed E-state index contributed by atoms with van der Waals surface area (Å²) in [6.45, 7) is 0. The Balaban J connectivity index is 2.07. The van der Waals surface area contributed by atoms with Crippen molar-refractivity contribution in [3.63, 3.8) is 0 Å². The third kappa shape index (κ3) is 3.71. The maximum Gasteiger partial charge on any atom is 0.342 e. The van der Waals surface area contributed by atoms with E-state index in [1.54, 1.807) is 25.3 Å². The third-order valence-corrected chi connectivity index (χ3v) is 3.02. The predicted molar refractivity (Wildman–Crippen MR) is 74.3 cm³/mol. The molecule has 1 atom stereocenters. The number of methoxy groups -OCH3 is 1. The van der Waals surface area contributed by atoms with Gasteiger partial charge in [0.1, 0.15) is 17.4 Å². The smallest absolute Gasteiger partial charge is 0.342 e. The van der Waals surface area contributed by atoms with E-state index < -0.39 is 0 Å². The first-order valence-electron chi connectivity index (χ1n) is 6.48. The Morgan fingerprint density at radius 2 is 2.11 bits per heavy atom. The van der Waals surface area contributed by atoms with Gasteiger partial charge in [-0.3, -0.25) is 0 Å². The molecule has 1 aliphatic rings. The molecule has 1 aromatic carbocycles. The van der Waals surface area contributed by atoms with Crippen LogP contribution in [0.4, 0.5) is 0 Å². The number of para-hydroxylation sites is 1. The highest BCUT2D eigenvalue weighted by atomic mass is 16.5. The van der Waals surface area contributed by atoms with E-state index >= 15 is 0 Å². The van der Waals surface area contributed by atoms with Crippen LogP contribution in [-0.4, -0.2) is 19.2 Å². The quantitative estimate of drug-likeness (QED) is 0.778. The van der Waals surface area contributed by atoms with Crippen molar-refractivity contribution in [1.29, 1.82) is 0 Å². The van der Waals surface area contributed by atoms with E-state index in [9.17, 15) is 4.79 Å². The lowest BCUT2D eigenvalue weighted by molar-refractivity contribution is 0.0373. The molecular formula is C16H18O3. The number of carbonyl (C=O) groups excluding carboxylic acids is 1. The molecule has 0 unspecified atom stereocenters. The van der Waals surface area contributed by atoms with E-state index in [0.717, 1.165) is 19.3 Å². The maximum absolute atomic E-state index is 12.1. The summed E-state index contributed by atoms with van der Waals surface area (Å²) < 4.78 is 10.7. The van der Waals surface area contributed by atoms with E-state index in [4.69, 9.17) is 9.47 Å². The number of ether oxygens (including phenoxy) is 2. The summed E-state index contributed by atoms with van der Waals surface area (Å²) in [7, 11) is 1.55. The highest BCUT2D eigenvalue weighted by Crippen LogP contribution is 2.20. The molecule has 0 bridgehead atoms. The second-order valence-corrected chi connectivity index (χ2v) is 4.39. The van der Waals surface area contributed by atoms with Crippen LogP contribution in [-0.2, 0) is 4.74 Å². The van der Waals surface area contributed by atoms with E-state index in [2.05, 4.69) is 6.08 Å². The summed E-state index contributed by atoms with van der Waals surface area (Å²) in [6, 6.07) is 7.10. The zero-order valence-corrected chi connectivity index (χ0v) is 11.0. The van der Waals surface area contributed by atoms with Crippen LogP contribution in [0.2, 0.25) is 0 Å². The van der Waals surface area contributed by atoms with Crippen LogP contribution in [0.3, 0.4) is 0 Å². The van der Waals surface area contributed by atoms with Crippen molar-refractivity contribution in [3.8, 4) is 5.75 Å². The van der Waals surface area contributed by atoms with Crippen LogP contribution in [0.25, 0.3) is 0 Å². The van der Waals surface area contributed by atoms with Gasteiger partial charge in [0.2, 0.25) is 0 Å². The first-order valence-corrected chi connectivity index (χ1v) is 6.48. The van der Waals surface area contributed by atoms with Crippen molar-refractivity contribution in [2.75, 3.05) is 7.11 Å². The van der Waals surface area contributed by atoms with Crippen molar-refractivity contribution >= 4 is 5.97 Å². The fourth-order valence-electron chi connectivity index (χ4n) is 2.01. The first kappa shape index (κ1) is 13.4. The summed E-state index contributed by atoms with van der Waals surface area (Å²) in [5.41, 5.74) is 0.469. The SMILES string of the molecule is COc1ccccc1C(=O)O[C@@H]1/C=C\C=C/CCC1. The van der Waals surface area contributed by atoms with Crippen molar-refractivity contribution in [2.45, 2.75) is 25.4 Å². The molecular weight excluding hydrogens is 240 g/mol. The van der Waals surface area contributed by atoms with Gasteiger partial charge in [-0.25, -0.2) is 4.79 Å². The molecule has 1 aliphatic carbocycles. The molecule has 0 heterocycles. The van der Waals surface area contributed by atoms with Gasteiger partial charge in [-0.05, 0) is 37.5 Å². The van der Waals surface area contributed by atoms with E-state index in [-0.39, 0.29) is 12.1 Å². The molecule has 0 aliphatic heterocycles. The standard InChI is InChI=1S/C16H18O3/c1-18-15-12-8-7-11-14(15)16(17)19-13-9-5-3-2-4-6-10-13/h2-3,5,7-9,11-13H,4,6,10H2,1H3/b3-2-,9-5-/t13-/m1/s1. The average molecular weight is 258 g/mol. The van der Waals surface area contributed by atoms with Gasteiger partial charge in [-0.1, -0.05) is 30.4 Å². The van der Waals surface area contributed by atoms with Gasteiger partial charge >= 0.3 is 5.97 Å². The number of hydrogen-bond donors (Lipinski definition) is 0. The highest BCUT2D eigenvalue weighted by molar-refractivity contribution is 5.92. The molecule has 0 aromatic heterocycles. The monoisotopic (exact) mass is 258 g/mol. The molecule has 3 nitrogen and oxygen atoms in total. The van der Waals surface area contributed by atoms with E-state index in [1.807, 2.05) is 24.3 Å². The molecule has 1 aromatic rings. The summed E-state index contributed by atoms with van der Waals surface area (Å²) in [5.74, 6) is 0.207. The number of rotatable bonds is 3. The molecule has 2 rings (SSSR count). The van der Waals surface area contributed by atoms with Crippen LogP contribution >= 0.6 is 0 Å². The summed E-state index contributed by atoms with van der Waals surface area (Å²) in [6.07, 6.45) is 10.7. The Hall–Kier alpha value is -2.03. The number of benzene rings is 1. The lowest BCUT2D eigenvalue weighted by Crippen LogP contribution is -2.17. The van der Waals surface area contributed by atoms with Crippen molar-refractivity contribution in [3.05, 3.63) is 54.1 Å². The normalized spacial score (nSPS) is 21.8. The largest absolute Gasteiger partial charge is 0.496 e. The first-order chi connectivity index (χ1) is 9.31. The topological polar surface area (TPSA) is 35.5 Å². The average Bonchev–Trinajstić information content (AvgIpc) is 2.41. The minimum atomic E-state index is -0.336. The molecule has 0 radical (unpaired) electrons. The molecule has 0 saturated heterocycles. The summed E-state index contributed by atoms with van der Waals surface area (Å²) in [4.78, 5) is 12.1. The van der Waals surface area contributed by atoms with Gasteiger partial charge in [0.25, 0.3) is 0 Å². The molecule has 19 heavy (non-hydrogen) atoms. The number of carbonyl (C=O) groups is 1. The second kappa shape index (κ2) is 6.78. The minimum Gasteiger partial charge on any atom is -0.496 e. The number of esters is 1. The zero-order valence-electron chi connectivity index (χ0n) is 11.0. The third-order valence-electron chi connectivity index (χ3n) is 3.02. The fraction of sp³-hybridized carbons (Fsp3) is 0.312. The predicted octanol–water partition coefficient (Wildman–Crippen LogP) is 3.52.